The molecule has 0 nitrogen and oxygen atoms in total. The van der Waals surface area contributed by atoms with Crippen LogP contribution in [0.5, 0.6) is 0 Å². The first kappa shape index (κ1) is 8.08. The van der Waals surface area contributed by atoms with Gasteiger partial charge in [0, 0.05) is 0 Å². The lowest BCUT2D eigenvalue weighted by molar-refractivity contribution is 0.370. The van der Waals surface area contributed by atoms with Crippen LogP contribution < -0.4 is 0 Å². The molecule has 3 rings (SSSR count). The fourth-order valence-corrected chi connectivity index (χ4v) is 3.74. The van der Waals surface area contributed by atoms with Crippen molar-refractivity contribution >= 4 is 0 Å². The standard InChI is InChI=1S/C13H20/c1-2-6-11(7-3-1)13-9-5-4-8-12(13)10-13/h6,12H,1-5,7-10H2/t12-,13+/m0/s1. The third-order valence-electron chi connectivity index (χ3n) is 4.59. The van der Waals surface area contributed by atoms with Gasteiger partial charge in [0.05, 0.1) is 0 Å². The third-order valence-corrected chi connectivity index (χ3v) is 4.59. The molecule has 0 spiro atoms. The Morgan fingerprint density at radius 3 is 2.92 bits per heavy atom. The molecule has 13 heavy (non-hydrogen) atoms. The smallest absolute Gasteiger partial charge is 0.00566 e. The van der Waals surface area contributed by atoms with Crippen LogP contribution in [0.2, 0.25) is 0 Å². The molecule has 0 saturated heterocycles. The van der Waals surface area contributed by atoms with Gasteiger partial charge in [0.25, 0.3) is 0 Å². The number of rotatable bonds is 1. The summed E-state index contributed by atoms with van der Waals surface area (Å²) >= 11 is 0. The van der Waals surface area contributed by atoms with Crippen molar-refractivity contribution in [2.45, 2.75) is 57.8 Å². The summed E-state index contributed by atoms with van der Waals surface area (Å²) in [4.78, 5) is 0. The molecular formula is C13H20. The molecule has 0 aliphatic heterocycles. The van der Waals surface area contributed by atoms with Crippen LogP contribution in [-0.4, -0.2) is 0 Å². The zero-order chi connectivity index (χ0) is 8.73. The van der Waals surface area contributed by atoms with Crippen molar-refractivity contribution in [3.63, 3.8) is 0 Å². The van der Waals surface area contributed by atoms with E-state index in [1.165, 1.54) is 51.4 Å². The van der Waals surface area contributed by atoms with Gasteiger partial charge < -0.3 is 0 Å². The van der Waals surface area contributed by atoms with Crippen molar-refractivity contribution in [2.75, 3.05) is 0 Å². The maximum Gasteiger partial charge on any atom is -0.00566 e. The monoisotopic (exact) mass is 176 g/mol. The van der Waals surface area contributed by atoms with E-state index < -0.39 is 0 Å². The van der Waals surface area contributed by atoms with Gasteiger partial charge in [-0.3, -0.25) is 0 Å². The molecule has 0 bridgehead atoms. The second kappa shape index (κ2) is 2.87. The number of fused-ring (bicyclic) bond motifs is 1. The Kier molecular flexibility index (Phi) is 1.78. The van der Waals surface area contributed by atoms with Gasteiger partial charge in [-0.1, -0.05) is 24.5 Å². The molecule has 2 atom stereocenters. The zero-order valence-electron chi connectivity index (χ0n) is 8.52. The van der Waals surface area contributed by atoms with Crippen LogP contribution in [0, 0.1) is 11.3 Å². The molecule has 0 unspecified atom stereocenters. The van der Waals surface area contributed by atoms with Gasteiger partial charge in [0.2, 0.25) is 0 Å². The minimum Gasteiger partial charge on any atom is -0.0848 e. The Balaban J connectivity index is 1.80. The van der Waals surface area contributed by atoms with E-state index >= 15 is 0 Å². The van der Waals surface area contributed by atoms with E-state index in [1.54, 1.807) is 6.42 Å². The van der Waals surface area contributed by atoms with E-state index in [0.29, 0.717) is 0 Å². The summed E-state index contributed by atoms with van der Waals surface area (Å²) in [5.74, 6) is 1.12. The molecule has 72 valence electrons. The van der Waals surface area contributed by atoms with Crippen molar-refractivity contribution in [2.24, 2.45) is 11.3 Å². The summed E-state index contributed by atoms with van der Waals surface area (Å²) in [6.45, 7) is 0. The fraction of sp³-hybridized carbons (Fsp3) is 0.846. The maximum atomic E-state index is 2.59. The van der Waals surface area contributed by atoms with Crippen LogP contribution in [0.15, 0.2) is 11.6 Å². The van der Waals surface area contributed by atoms with Gasteiger partial charge in [-0.25, -0.2) is 0 Å². The van der Waals surface area contributed by atoms with Crippen LogP contribution in [0.1, 0.15) is 57.8 Å². The average Bonchev–Trinajstić information content (AvgIpc) is 2.94. The van der Waals surface area contributed by atoms with Gasteiger partial charge in [-0.15, -0.1) is 0 Å². The highest BCUT2D eigenvalue weighted by molar-refractivity contribution is 5.27. The largest absolute Gasteiger partial charge is 0.0848 e. The van der Waals surface area contributed by atoms with E-state index in [1.807, 2.05) is 5.57 Å². The molecule has 2 fully saturated rings. The van der Waals surface area contributed by atoms with Crippen LogP contribution in [0.3, 0.4) is 0 Å². The predicted octanol–water partition coefficient (Wildman–Crippen LogP) is 4.07. The minimum absolute atomic E-state index is 0.776. The fourth-order valence-electron chi connectivity index (χ4n) is 3.74. The van der Waals surface area contributed by atoms with E-state index in [-0.39, 0.29) is 0 Å². The molecule has 0 aromatic carbocycles. The molecule has 0 N–H and O–H groups in total. The predicted molar refractivity (Wildman–Crippen MR) is 55.6 cm³/mol. The number of allylic oxidation sites excluding steroid dienone is 2. The molecule has 0 amide bonds. The lowest BCUT2D eigenvalue weighted by Crippen LogP contribution is -2.14. The Morgan fingerprint density at radius 1 is 1.15 bits per heavy atom. The summed E-state index contributed by atoms with van der Waals surface area (Å²) in [7, 11) is 0. The van der Waals surface area contributed by atoms with Crippen molar-refractivity contribution in [1.29, 1.82) is 0 Å². The molecule has 0 radical (unpaired) electrons. The molecule has 0 heteroatoms. The summed E-state index contributed by atoms with van der Waals surface area (Å²) < 4.78 is 0. The summed E-state index contributed by atoms with van der Waals surface area (Å²) in [5.41, 5.74) is 2.65. The lowest BCUT2D eigenvalue weighted by Gasteiger charge is -2.27. The van der Waals surface area contributed by atoms with Gasteiger partial charge in [0.1, 0.15) is 0 Å². The number of hydrogen-bond donors (Lipinski definition) is 0. The van der Waals surface area contributed by atoms with E-state index in [9.17, 15) is 0 Å². The molecule has 0 aromatic heterocycles. The third kappa shape index (κ3) is 1.18. The van der Waals surface area contributed by atoms with Crippen molar-refractivity contribution in [1.82, 2.24) is 0 Å². The van der Waals surface area contributed by atoms with Crippen molar-refractivity contribution < 1.29 is 0 Å². The van der Waals surface area contributed by atoms with Crippen LogP contribution in [-0.2, 0) is 0 Å². The van der Waals surface area contributed by atoms with E-state index in [4.69, 9.17) is 0 Å². The average molecular weight is 176 g/mol. The summed E-state index contributed by atoms with van der Waals surface area (Å²) in [5, 5.41) is 0. The topological polar surface area (TPSA) is 0 Å². The molecule has 3 aliphatic rings. The quantitative estimate of drug-likeness (QED) is 0.528. The lowest BCUT2D eigenvalue weighted by atomic mass is 9.78. The summed E-state index contributed by atoms with van der Waals surface area (Å²) in [6, 6.07) is 0. The molecule has 2 saturated carbocycles. The first-order chi connectivity index (χ1) is 6.42. The van der Waals surface area contributed by atoms with E-state index in [0.717, 1.165) is 11.3 Å². The van der Waals surface area contributed by atoms with Crippen molar-refractivity contribution in [3.8, 4) is 0 Å². The maximum absolute atomic E-state index is 2.59. The van der Waals surface area contributed by atoms with E-state index in [2.05, 4.69) is 6.08 Å². The van der Waals surface area contributed by atoms with Gasteiger partial charge in [-0.05, 0) is 56.3 Å². The first-order valence-corrected chi connectivity index (χ1v) is 6.11. The number of hydrogen-bond acceptors (Lipinski definition) is 0. The Bertz CT molecular complexity index is 238. The van der Waals surface area contributed by atoms with Gasteiger partial charge in [-0.2, -0.15) is 0 Å². The highest BCUT2D eigenvalue weighted by atomic mass is 14.6. The van der Waals surface area contributed by atoms with Crippen molar-refractivity contribution in [3.05, 3.63) is 11.6 Å². The van der Waals surface area contributed by atoms with Crippen LogP contribution in [0.25, 0.3) is 0 Å². The summed E-state index contributed by atoms with van der Waals surface area (Å²) in [6.07, 6.45) is 16.0. The molecular weight excluding hydrogens is 156 g/mol. The highest BCUT2D eigenvalue weighted by Gasteiger charge is 2.56. The van der Waals surface area contributed by atoms with Crippen LogP contribution in [0.4, 0.5) is 0 Å². The second-order valence-corrected chi connectivity index (χ2v) is 5.28. The normalized spacial score (nSPS) is 43.7. The highest BCUT2D eigenvalue weighted by Crippen LogP contribution is 2.66. The molecule has 3 aliphatic carbocycles. The zero-order valence-corrected chi connectivity index (χ0v) is 8.52. The Labute approximate surface area is 81.4 Å². The Morgan fingerprint density at radius 2 is 2.15 bits per heavy atom. The van der Waals surface area contributed by atoms with Gasteiger partial charge >= 0.3 is 0 Å². The van der Waals surface area contributed by atoms with Crippen LogP contribution >= 0.6 is 0 Å². The van der Waals surface area contributed by atoms with Gasteiger partial charge in [0.15, 0.2) is 0 Å². The first-order valence-electron chi connectivity index (χ1n) is 6.11. The SMILES string of the molecule is C1=C([C@]23CCCC[C@H]2C3)CCCC1. The minimum atomic E-state index is 0.776. The molecule has 0 aromatic rings. The molecule has 0 heterocycles. The Hall–Kier alpha value is -0.260. The second-order valence-electron chi connectivity index (χ2n) is 5.28.